The molecule has 0 aliphatic carbocycles. The van der Waals surface area contributed by atoms with Gasteiger partial charge in [-0.3, -0.25) is 4.79 Å². The van der Waals surface area contributed by atoms with Crippen LogP contribution in [0.25, 0.3) is 0 Å². The third-order valence-electron chi connectivity index (χ3n) is 2.46. The molecule has 8 nitrogen and oxygen atoms in total. The van der Waals surface area contributed by atoms with E-state index in [1.807, 2.05) is 0 Å². The molecule has 0 unspecified atom stereocenters. The van der Waals surface area contributed by atoms with Crippen LogP contribution in [-0.2, 0) is 4.79 Å². The van der Waals surface area contributed by atoms with Crippen LogP contribution >= 0.6 is 0 Å². The summed E-state index contributed by atoms with van der Waals surface area (Å²) in [5.41, 5.74) is 0.0420. The van der Waals surface area contributed by atoms with Gasteiger partial charge in [-0.05, 0) is 0 Å². The maximum atomic E-state index is 11.8. The van der Waals surface area contributed by atoms with Crippen LogP contribution in [-0.4, -0.2) is 61.1 Å². The molecule has 0 bridgehead atoms. The van der Waals surface area contributed by atoms with Crippen molar-refractivity contribution >= 4 is 11.9 Å². The van der Waals surface area contributed by atoms with Gasteiger partial charge in [0.05, 0.1) is 12.3 Å². The molecule has 1 aromatic heterocycles. The van der Waals surface area contributed by atoms with Gasteiger partial charge in [0.25, 0.3) is 5.91 Å². The van der Waals surface area contributed by atoms with Crippen molar-refractivity contribution in [3.8, 4) is 0 Å². The third kappa shape index (κ3) is 1.74. The van der Waals surface area contributed by atoms with Crippen LogP contribution in [0.3, 0.4) is 0 Å². The summed E-state index contributed by atoms with van der Waals surface area (Å²) < 4.78 is 0. The molecule has 1 aliphatic heterocycles. The van der Waals surface area contributed by atoms with Gasteiger partial charge in [0.2, 0.25) is 0 Å². The zero-order chi connectivity index (χ0) is 11.7. The Morgan fingerprint density at radius 2 is 2.31 bits per heavy atom. The van der Waals surface area contributed by atoms with E-state index in [0.29, 0.717) is 0 Å². The van der Waals surface area contributed by atoms with Gasteiger partial charge in [-0.2, -0.15) is 15.4 Å². The monoisotopic (exact) mass is 226 g/mol. The summed E-state index contributed by atoms with van der Waals surface area (Å²) in [6.07, 6.45) is 0.446. The lowest BCUT2D eigenvalue weighted by Gasteiger charge is -2.19. The van der Waals surface area contributed by atoms with Gasteiger partial charge in [0, 0.05) is 13.0 Å². The summed E-state index contributed by atoms with van der Waals surface area (Å²) in [4.78, 5) is 23.8. The van der Waals surface area contributed by atoms with Crippen molar-refractivity contribution in [2.45, 2.75) is 18.6 Å². The van der Waals surface area contributed by atoms with Crippen LogP contribution in [0.4, 0.5) is 0 Å². The van der Waals surface area contributed by atoms with Crippen molar-refractivity contribution < 1.29 is 19.8 Å². The predicted molar refractivity (Wildman–Crippen MR) is 49.5 cm³/mol. The number of amides is 1. The number of aliphatic carboxylic acids is 1. The summed E-state index contributed by atoms with van der Waals surface area (Å²) in [5, 5.41) is 27.6. The van der Waals surface area contributed by atoms with Crippen LogP contribution < -0.4 is 0 Å². The highest BCUT2D eigenvalue weighted by atomic mass is 16.4. The quantitative estimate of drug-likeness (QED) is 0.562. The highest BCUT2D eigenvalue weighted by Gasteiger charge is 2.39. The van der Waals surface area contributed by atoms with E-state index >= 15 is 0 Å². The van der Waals surface area contributed by atoms with E-state index in [-0.39, 0.29) is 18.7 Å². The third-order valence-corrected chi connectivity index (χ3v) is 2.46. The fourth-order valence-electron chi connectivity index (χ4n) is 1.72. The van der Waals surface area contributed by atoms with Crippen molar-refractivity contribution in [2.75, 3.05) is 6.54 Å². The standard InChI is InChI=1S/C8H10N4O4/c13-4-1-6(8(15)16)12(3-4)7(14)5-2-9-11-10-5/h2,4,6,13H,1,3H2,(H,15,16)(H,9,10,11)/t4-,6+/m1/s1. The molecular formula is C8H10N4O4. The predicted octanol–water partition coefficient (Wildman–Crippen LogP) is -1.54. The van der Waals surface area contributed by atoms with Crippen LogP contribution in [0.5, 0.6) is 0 Å². The van der Waals surface area contributed by atoms with Crippen LogP contribution in [0.15, 0.2) is 6.20 Å². The number of carbonyl (C=O) groups is 2. The van der Waals surface area contributed by atoms with Crippen molar-refractivity contribution in [3.63, 3.8) is 0 Å². The van der Waals surface area contributed by atoms with Gasteiger partial charge >= 0.3 is 5.97 Å². The molecule has 0 radical (unpaired) electrons. The zero-order valence-corrected chi connectivity index (χ0v) is 8.20. The number of hydrogen-bond donors (Lipinski definition) is 3. The Balaban J connectivity index is 2.20. The first kappa shape index (κ1) is 10.6. The maximum Gasteiger partial charge on any atom is 0.326 e. The summed E-state index contributed by atoms with van der Waals surface area (Å²) >= 11 is 0. The van der Waals surface area contributed by atoms with Crippen molar-refractivity contribution in [3.05, 3.63) is 11.9 Å². The molecule has 0 saturated carbocycles. The van der Waals surface area contributed by atoms with E-state index in [9.17, 15) is 14.7 Å². The number of rotatable bonds is 2. The second kappa shape index (κ2) is 3.89. The number of nitrogens with zero attached hydrogens (tertiary/aromatic N) is 3. The summed E-state index contributed by atoms with van der Waals surface area (Å²) in [7, 11) is 0. The number of carbonyl (C=O) groups excluding carboxylic acids is 1. The first-order chi connectivity index (χ1) is 7.59. The fourth-order valence-corrected chi connectivity index (χ4v) is 1.72. The van der Waals surface area contributed by atoms with E-state index < -0.39 is 24.0 Å². The summed E-state index contributed by atoms with van der Waals surface area (Å²) in [6.45, 7) is 0.00264. The minimum atomic E-state index is -1.13. The highest BCUT2D eigenvalue weighted by molar-refractivity contribution is 5.95. The fraction of sp³-hybridized carbons (Fsp3) is 0.500. The topological polar surface area (TPSA) is 119 Å². The van der Waals surface area contributed by atoms with E-state index in [4.69, 9.17) is 5.11 Å². The molecule has 2 atom stereocenters. The van der Waals surface area contributed by atoms with Gasteiger partial charge in [-0.25, -0.2) is 4.79 Å². The normalized spacial score (nSPS) is 24.7. The Morgan fingerprint density at radius 3 is 2.88 bits per heavy atom. The van der Waals surface area contributed by atoms with E-state index in [0.717, 1.165) is 4.90 Å². The number of nitrogens with one attached hydrogen (secondary N) is 1. The number of β-amino-alcohol motifs (C(OH)–C–C–N with tert-alkyl or cyclic N) is 1. The lowest BCUT2D eigenvalue weighted by molar-refractivity contribution is -0.141. The molecule has 1 saturated heterocycles. The van der Waals surface area contributed by atoms with E-state index in [2.05, 4.69) is 15.4 Å². The first-order valence-electron chi connectivity index (χ1n) is 4.67. The molecule has 1 amide bonds. The minimum absolute atomic E-state index is 0.00264. The Bertz CT molecular complexity index is 404. The Labute approximate surface area is 89.9 Å². The average molecular weight is 226 g/mol. The average Bonchev–Trinajstić information content (AvgIpc) is 2.84. The minimum Gasteiger partial charge on any atom is -0.480 e. The van der Waals surface area contributed by atoms with E-state index in [1.165, 1.54) is 6.20 Å². The van der Waals surface area contributed by atoms with E-state index in [1.54, 1.807) is 0 Å². The van der Waals surface area contributed by atoms with Gasteiger partial charge in [0.1, 0.15) is 6.04 Å². The van der Waals surface area contributed by atoms with Gasteiger partial charge in [0.15, 0.2) is 5.69 Å². The zero-order valence-electron chi connectivity index (χ0n) is 8.20. The summed E-state index contributed by atoms with van der Waals surface area (Å²) in [5.74, 6) is -1.67. The summed E-state index contributed by atoms with van der Waals surface area (Å²) in [6, 6.07) is -1.00. The number of aliphatic hydroxyl groups excluding tert-OH is 1. The Morgan fingerprint density at radius 1 is 1.56 bits per heavy atom. The first-order valence-corrected chi connectivity index (χ1v) is 4.67. The van der Waals surface area contributed by atoms with Gasteiger partial charge < -0.3 is 15.1 Å². The maximum absolute atomic E-state index is 11.8. The molecule has 3 N–H and O–H groups in total. The van der Waals surface area contributed by atoms with Crippen molar-refractivity contribution in [1.82, 2.24) is 20.3 Å². The van der Waals surface area contributed by atoms with Crippen LogP contribution in [0.2, 0.25) is 0 Å². The molecule has 8 heteroatoms. The number of aromatic nitrogens is 3. The molecule has 86 valence electrons. The molecule has 1 fully saturated rings. The smallest absolute Gasteiger partial charge is 0.326 e. The number of H-pyrrole nitrogens is 1. The van der Waals surface area contributed by atoms with Crippen molar-refractivity contribution in [2.24, 2.45) is 0 Å². The van der Waals surface area contributed by atoms with Gasteiger partial charge in [-0.1, -0.05) is 0 Å². The molecule has 0 aromatic carbocycles. The molecule has 2 rings (SSSR count). The number of aliphatic hydroxyl groups is 1. The number of likely N-dealkylation sites (tertiary alicyclic amines) is 1. The molecule has 16 heavy (non-hydrogen) atoms. The Kier molecular flexibility index (Phi) is 2.57. The lowest BCUT2D eigenvalue weighted by Crippen LogP contribution is -2.40. The van der Waals surface area contributed by atoms with Crippen LogP contribution in [0, 0.1) is 0 Å². The number of hydrogen-bond acceptors (Lipinski definition) is 5. The SMILES string of the molecule is O=C(O)[C@@H]1C[C@@H](O)CN1C(=O)c1cn[nH]n1. The number of aromatic amines is 1. The largest absolute Gasteiger partial charge is 0.480 e. The molecule has 1 aromatic rings. The molecule has 0 spiro atoms. The Hall–Kier alpha value is -1.96. The van der Waals surface area contributed by atoms with Crippen molar-refractivity contribution in [1.29, 1.82) is 0 Å². The highest BCUT2D eigenvalue weighted by Crippen LogP contribution is 2.19. The van der Waals surface area contributed by atoms with Gasteiger partial charge in [-0.15, -0.1) is 0 Å². The molecular weight excluding hydrogens is 216 g/mol. The molecule has 2 heterocycles. The second-order valence-corrected chi connectivity index (χ2v) is 3.56. The number of carboxylic acids is 1. The lowest BCUT2D eigenvalue weighted by atomic mass is 10.2. The second-order valence-electron chi connectivity index (χ2n) is 3.56. The molecule has 1 aliphatic rings. The van der Waals surface area contributed by atoms with Crippen LogP contribution in [0.1, 0.15) is 16.9 Å². The number of carboxylic acid groups (broad SMARTS) is 1.